The molecule has 27 heavy (non-hydrogen) atoms. The molecule has 0 heterocycles. The lowest BCUT2D eigenvalue weighted by Gasteiger charge is -2.08. The number of rotatable bonds is 6. The fourth-order valence-electron chi connectivity index (χ4n) is 3.21. The molecule has 0 N–H and O–H groups in total. The molecule has 0 radical (unpaired) electrons. The number of nitriles is 1. The van der Waals surface area contributed by atoms with Crippen molar-refractivity contribution < 1.29 is 8.78 Å². The first-order chi connectivity index (χ1) is 13.0. The summed E-state index contributed by atoms with van der Waals surface area (Å²) in [4.78, 5) is 0. The van der Waals surface area contributed by atoms with Crippen molar-refractivity contribution in [1.82, 2.24) is 0 Å². The van der Waals surface area contributed by atoms with Crippen molar-refractivity contribution >= 4 is 0 Å². The molecule has 0 aromatic heterocycles. The maximum Gasteiger partial charge on any atom is 0.145 e. The molecule has 0 unspecified atom stereocenters. The molecule has 0 aliphatic heterocycles. The molecule has 1 nitrogen and oxygen atoms in total. The SMILES string of the molecule is CCCCCCCc1cc(C)c(C#Cc2cc(F)c(C#N)c(F)c2)c(C)c1. The lowest BCUT2D eigenvalue weighted by Crippen LogP contribution is -1.95. The molecule has 0 saturated carbocycles. The third-order valence-electron chi connectivity index (χ3n) is 4.65. The summed E-state index contributed by atoms with van der Waals surface area (Å²) >= 11 is 0. The highest BCUT2D eigenvalue weighted by atomic mass is 19.1. The minimum atomic E-state index is -0.881. The number of hydrogen-bond acceptors (Lipinski definition) is 1. The Labute approximate surface area is 161 Å². The van der Waals surface area contributed by atoms with E-state index in [1.54, 1.807) is 0 Å². The van der Waals surface area contributed by atoms with Gasteiger partial charge in [0.1, 0.15) is 23.3 Å². The second-order valence-electron chi connectivity index (χ2n) is 6.95. The minimum absolute atomic E-state index is 0.225. The van der Waals surface area contributed by atoms with Crippen molar-refractivity contribution in [2.24, 2.45) is 0 Å². The smallest absolute Gasteiger partial charge is 0.145 e. The zero-order valence-corrected chi connectivity index (χ0v) is 16.3. The van der Waals surface area contributed by atoms with Gasteiger partial charge < -0.3 is 0 Å². The van der Waals surface area contributed by atoms with Crippen LogP contribution in [0.3, 0.4) is 0 Å². The van der Waals surface area contributed by atoms with E-state index in [2.05, 4.69) is 30.9 Å². The average molecular weight is 365 g/mol. The Balaban J connectivity index is 2.17. The van der Waals surface area contributed by atoms with Crippen LogP contribution in [0.2, 0.25) is 0 Å². The topological polar surface area (TPSA) is 23.8 Å². The van der Waals surface area contributed by atoms with Gasteiger partial charge in [-0.1, -0.05) is 56.6 Å². The van der Waals surface area contributed by atoms with Crippen molar-refractivity contribution in [2.75, 3.05) is 0 Å². The Morgan fingerprint density at radius 3 is 1.96 bits per heavy atom. The third-order valence-corrected chi connectivity index (χ3v) is 4.65. The summed E-state index contributed by atoms with van der Waals surface area (Å²) in [6.45, 7) is 6.24. The maximum atomic E-state index is 13.7. The van der Waals surface area contributed by atoms with E-state index in [-0.39, 0.29) is 5.56 Å². The molecule has 0 aliphatic carbocycles. The second kappa shape index (κ2) is 9.89. The van der Waals surface area contributed by atoms with Crippen LogP contribution in [0.5, 0.6) is 0 Å². The molecule has 0 saturated heterocycles. The van der Waals surface area contributed by atoms with Gasteiger partial charge in [-0.15, -0.1) is 0 Å². The molecular formula is C24H25F2N. The van der Waals surface area contributed by atoms with Crippen LogP contribution in [0, 0.1) is 48.7 Å². The predicted octanol–water partition coefficient (Wildman–Crippen LogP) is 6.37. The van der Waals surface area contributed by atoms with Gasteiger partial charge in [-0.2, -0.15) is 5.26 Å². The first-order valence-corrected chi connectivity index (χ1v) is 9.47. The fraction of sp³-hybridized carbons (Fsp3) is 0.375. The molecular weight excluding hydrogens is 340 g/mol. The average Bonchev–Trinajstić information content (AvgIpc) is 2.60. The van der Waals surface area contributed by atoms with Crippen LogP contribution in [0.4, 0.5) is 8.78 Å². The molecule has 2 rings (SSSR count). The third kappa shape index (κ3) is 5.66. The van der Waals surface area contributed by atoms with Crippen molar-refractivity contribution in [3.63, 3.8) is 0 Å². The summed E-state index contributed by atoms with van der Waals surface area (Å²) in [5.41, 5.74) is 3.98. The summed E-state index contributed by atoms with van der Waals surface area (Å²) in [6.07, 6.45) is 7.33. The summed E-state index contributed by atoms with van der Waals surface area (Å²) in [7, 11) is 0. The second-order valence-corrected chi connectivity index (χ2v) is 6.95. The molecule has 0 spiro atoms. The lowest BCUT2D eigenvalue weighted by molar-refractivity contribution is 0.576. The Morgan fingerprint density at radius 1 is 0.815 bits per heavy atom. The first kappa shape index (κ1) is 20.7. The molecule has 3 heteroatoms. The van der Waals surface area contributed by atoms with Gasteiger partial charge in [0.05, 0.1) is 0 Å². The monoisotopic (exact) mass is 365 g/mol. The van der Waals surface area contributed by atoms with E-state index in [1.165, 1.54) is 43.7 Å². The fourth-order valence-corrected chi connectivity index (χ4v) is 3.21. The standard InChI is InChI=1S/C24H25F2N/c1-4-5-6-7-8-9-19-12-17(2)21(18(3)13-19)11-10-20-14-23(25)22(16-27)24(26)15-20/h12-15H,4-9H2,1-3H3. The van der Waals surface area contributed by atoms with Crippen LogP contribution < -0.4 is 0 Å². The van der Waals surface area contributed by atoms with Gasteiger partial charge >= 0.3 is 0 Å². The number of benzene rings is 2. The Morgan fingerprint density at radius 2 is 1.41 bits per heavy atom. The van der Waals surface area contributed by atoms with Crippen molar-refractivity contribution in [3.05, 3.63) is 69.3 Å². The number of unbranched alkanes of at least 4 members (excludes halogenated alkanes) is 4. The van der Waals surface area contributed by atoms with Gasteiger partial charge in [0, 0.05) is 11.1 Å². The van der Waals surface area contributed by atoms with Crippen LogP contribution in [0.15, 0.2) is 24.3 Å². The zero-order valence-electron chi connectivity index (χ0n) is 16.3. The van der Waals surface area contributed by atoms with Crippen molar-refractivity contribution in [2.45, 2.75) is 59.3 Å². The molecule has 0 aliphatic rings. The van der Waals surface area contributed by atoms with E-state index in [1.807, 2.05) is 13.8 Å². The van der Waals surface area contributed by atoms with E-state index in [0.29, 0.717) is 0 Å². The quantitative estimate of drug-likeness (QED) is 0.431. The zero-order chi connectivity index (χ0) is 19.8. The van der Waals surface area contributed by atoms with Gasteiger partial charge in [0.15, 0.2) is 0 Å². The molecule has 0 fully saturated rings. The molecule has 2 aromatic rings. The van der Waals surface area contributed by atoms with Crippen LogP contribution >= 0.6 is 0 Å². The van der Waals surface area contributed by atoms with Crippen LogP contribution in [-0.2, 0) is 6.42 Å². The van der Waals surface area contributed by atoms with Gasteiger partial charge in [-0.05, 0) is 55.5 Å². The number of hydrogen-bond donors (Lipinski definition) is 0. The molecule has 140 valence electrons. The van der Waals surface area contributed by atoms with E-state index in [9.17, 15) is 8.78 Å². The molecule has 0 amide bonds. The van der Waals surface area contributed by atoms with Crippen molar-refractivity contribution in [1.29, 1.82) is 5.26 Å². The number of halogens is 2. The molecule has 0 atom stereocenters. The molecule has 2 aromatic carbocycles. The predicted molar refractivity (Wildman–Crippen MR) is 105 cm³/mol. The van der Waals surface area contributed by atoms with Gasteiger partial charge in [0.25, 0.3) is 0 Å². The Kier molecular flexibility index (Phi) is 7.56. The van der Waals surface area contributed by atoms with Gasteiger partial charge in [-0.3, -0.25) is 0 Å². The summed E-state index contributed by atoms with van der Waals surface area (Å²) in [5, 5.41) is 8.73. The highest BCUT2D eigenvalue weighted by molar-refractivity contribution is 5.52. The first-order valence-electron chi connectivity index (χ1n) is 9.47. The summed E-state index contributed by atoms with van der Waals surface area (Å²) < 4.78 is 27.4. The van der Waals surface area contributed by atoms with E-state index < -0.39 is 17.2 Å². The highest BCUT2D eigenvalue weighted by Crippen LogP contribution is 2.19. The minimum Gasteiger partial charge on any atom is -0.205 e. The van der Waals surface area contributed by atoms with Crippen LogP contribution in [0.25, 0.3) is 0 Å². The lowest BCUT2D eigenvalue weighted by atomic mass is 9.96. The molecule has 0 bridgehead atoms. The van der Waals surface area contributed by atoms with E-state index in [4.69, 9.17) is 5.26 Å². The Hall–Kier alpha value is -2.65. The normalized spacial score (nSPS) is 10.2. The number of nitrogens with zero attached hydrogens (tertiary/aromatic N) is 1. The summed E-state index contributed by atoms with van der Waals surface area (Å²) in [5.74, 6) is 4.09. The maximum absolute atomic E-state index is 13.7. The highest BCUT2D eigenvalue weighted by Gasteiger charge is 2.09. The number of aryl methyl sites for hydroxylation is 3. The Bertz CT molecular complexity index is 864. The largest absolute Gasteiger partial charge is 0.205 e. The van der Waals surface area contributed by atoms with Crippen molar-refractivity contribution in [3.8, 4) is 17.9 Å². The van der Waals surface area contributed by atoms with E-state index in [0.717, 1.165) is 35.2 Å². The van der Waals surface area contributed by atoms with E-state index >= 15 is 0 Å². The summed E-state index contributed by atoms with van der Waals surface area (Å²) in [6, 6.07) is 8.02. The van der Waals surface area contributed by atoms with Crippen LogP contribution in [-0.4, -0.2) is 0 Å². The van der Waals surface area contributed by atoms with Crippen LogP contribution in [0.1, 0.15) is 72.4 Å². The van der Waals surface area contributed by atoms with Gasteiger partial charge in [-0.25, -0.2) is 8.78 Å². The van der Waals surface area contributed by atoms with Gasteiger partial charge in [0.2, 0.25) is 0 Å².